The van der Waals surface area contributed by atoms with Gasteiger partial charge in [0.15, 0.2) is 0 Å². The Kier molecular flexibility index (Phi) is 6.53. The molecule has 0 amide bonds. The van der Waals surface area contributed by atoms with Crippen LogP contribution in [-0.4, -0.2) is 11.5 Å². The minimum Gasteiger partial charge on any atom is -0.403 e. The second-order valence-electron chi connectivity index (χ2n) is 1.35. The van der Waals surface area contributed by atoms with Gasteiger partial charge in [0.2, 0.25) is 0 Å². The van der Waals surface area contributed by atoms with E-state index in [0.717, 1.165) is 11.5 Å². The van der Waals surface area contributed by atoms with Crippen LogP contribution in [0, 0.1) is 0 Å². The highest BCUT2D eigenvalue weighted by Gasteiger charge is 1.92. The smallest absolute Gasteiger partial charge is 0.0556 e. The molecule has 0 saturated carbocycles. The fraction of sp³-hybridized carbons (Fsp3) is 0.667. The van der Waals surface area contributed by atoms with Gasteiger partial charge in [0.1, 0.15) is 0 Å². The molecule has 0 aliphatic rings. The molecule has 0 atom stereocenters. The van der Waals surface area contributed by atoms with E-state index in [-0.39, 0.29) is 0 Å². The van der Waals surface area contributed by atoms with Gasteiger partial charge in [-0.1, -0.05) is 13.8 Å². The molecule has 9 heavy (non-hydrogen) atoms. The first-order valence-electron chi connectivity index (χ1n) is 3.02. The van der Waals surface area contributed by atoms with Crippen molar-refractivity contribution in [2.24, 2.45) is 5.73 Å². The van der Waals surface area contributed by atoms with Crippen LogP contribution in [0.3, 0.4) is 0 Å². The molecule has 0 heterocycles. The van der Waals surface area contributed by atoms with Crippen molar-refractivity contribution >= 4 is 23.5 Å². The second kappa shape index (κ2) is 6.36. The monoisotopic (exact) mass is 163 g/mol. The van der Waals surface area contributed by atoms with Crippen molar-refractivity contribution in [3.8, 4) is 0 Å². The van der Waals surface area contributed by atoms with E-state index < -0.39 is 0 Å². The molecule has 0 aliphatic carbocycles. The summed E-state index contributed by atoms with van der Waals surface area (Å²) in [6.45, 7) is 4.26. The lowest BCUT2D eigenvalue weighted by Crippen LogP contribution is -1.82. The molecule has 0 aromatic rings. The lowest BCUT2D eigenvalue weighted by molar-refractivity contribution is 1.52. The van der Waals surface area contributed by atoms with Crippen LogP contribution in [0.5, 0.6) is 0 Å². The average molecular weight is 163 g/mol. The van der Waals surface area contributed by atoms with Crippen molar-refractivity contribution in [3.05, 3.63) is 10.4 Å². The summed E-state index contributed by atoms with van der Waals surface area (Å²) in [5.74, 6) is 2.21. The van der Waals surface area contributed by atoms with Gasteiger partial charge in [-0.2, -0.15) is 0 Å². The summed E-state index contributed by atoms with van der Waals surface area (Å²) in [6.07, 6.45) is 1.68. The van der Waals surface area contributed by atoms with Crippen LogP contribution in [-0.2, 0) is 0 Å². The quantitative estimate of drug-likeness (QED) is 0.688. The first kappa shape index (κ1) is 9.24. The fourth-order valence-corrected chi connectivity index (χ4v) is 2.22. The molecule has 0 saturated heterocycles. The lowest BCUT2D eigenvalue weighted by Gasteiger charge is -1.99. The standard InChI is InChI=1S/C6H13NS2/c1-3-8-6(5-7)9-4-2/h5H,3-4,7H2,1-2H3. The third-order valence-corrected chi connectivity index (χ3v) is 2.83. The molecule has 54 valence electrons. The normalized spacial score (nSPS) is 9.11. The summed E-state index contributed by atoms with van der Waals surface area (Å²) < 4.78 is 1.24. The number of nitrogens with two attached hydrogens (primary N) is 1. The van der Waals surface area contributed by atoms with Crippen LogP contribution in [0.25, 0.3) is 0 Å². The Morgan fingerprint density at radius 1 is 1.33 bits per heavy atom. The first-order valence-corrected chi connectivity index (χ1v) is 4.99. The molecule has 0 spiro atoms. The third-order valence-electron chi connectivity index (χ3n) is 0.709. The average Bonchev–Trinajstić information content (AvgIpc) is 1.88. The van der Waals surface area contributed by atoms with E-state index in [0.29, 0.717) is 0 Å². The molecule has 1 nitrogen and oxygen atoms in total. The van der Waals surface area contributed by atoms with Gasteiger partial charge in [0.25, 0.3) is 0 Å². The summed E-state index contributed by atoms with van der Waals surface area (Å²) >= 11 is 3.60. The van der Waals surface area contributed by atoms with Crippen molar-refractivity contribution in [3.63, 3.8) is 0 Å². The SMILES string of the molecule is CCSC(=CN)SCC. The Morgan fingerprint density at radius 2 is 1.78 bits per heavy atom. The molecular formula is C6H13NS2. The summed E-state index contributed by atoms with van der Waals surface area (Å²) in [5, 5.41) is 0. The molecule has 0 aliphatic heterocycles. The van der Waals surface area contributed by atoms with E-state index in [2.05, 4.69) is 13.8 Å². The topological polar surface area (TPSA) is 26.0 Å². The molecule has 0 aromatic heterocycles. The molecule has 3 heteroatoms. The van der Waals surface area contributed by atoms with Gasteiger partial charge >= 0.3 is 0 Å². The predicted octanol–water partition coefficient (Wildman–Crippen LogP) is 2.25. The Balaban J connectivity index is 3.43. The van der Waals surface area contributed by atoms with Gasteiger partial charge in [-0.05, 0) is 11.5 Å². The summed E-state index contributed by atoms with van der Waals surface area (Å²) in [5.41, 5.74) is 5.34. The summed E-state index contributed by atoms with van der Waals surface area (Å²) in [4.78, 5) is 0. The van der Waals surface area contributed by atoms with Gasteiger partial charge in [-0.25, -0.2) is 0 Å². The van der Waals surface area contributed by atoms with Gasteiger partial charge in [0.05, 0.1) is 4.24 Å². The van der Waals surface area contributed by atoms with Crippen molar-refractivity contribution in [1.82, 2.24) is 0 Å². The Labute approximate surface area is 65.5 Å². The van der Waals surface area contributed by atoms with Crippen molar-refractivity contribution in [1.29, 1.82) is 0 Å². The third kappa shape index (κ3) is 4.73. The van der Waals surface area contributed by atoms with E-state index >= 15 is 0 Å². The van der Waals surface area contributed by atoms with Crippen LogP contribution in [0.1, 0.15) is 13.8 Å². The van der Waals surface area contributed by atoms with Crippen LogP contribution in [0.4, 0.5) is 0 Å². The zero-order chi connectivity index (χ0) is 7.11. The maximum atomic E-state index is 5.34. The van der Waals surface area contributed by atoms with Gasteiger partial charge in [-0.15, -0.1) is 23.5 Å². The van der Waals surface area contributed by atoms with E-state index in [1.165, 1.54) is 4.24 Å². The largest absolute Gasteiger partial charge is 0.403 e. The van der Waals surface area contributed by atoms with E-state index in [4.69, 9.17) is 5.73 Å². The predicted molar refractivity (Wildman–Crippen MR) is 48.5 cm³/mol. The maximum absolute atomic E-state index is 5.34. The fourth-order valence-electron chi connectivity index (χ4n) is 0.422. The van der Waals surface area contributed by atoms with Crippen molar-refractivity contribution in [2.75, 3.05) is 11.5 Å². The highest BCUT2D eigenvalue weighted by Crippen LogP contribution is 2.26. The Bertz CT molecular complexity index is 83.1. The van der Waals surface area contributed by atoms with Crippen molar-refractivity contribution in [2.45, 2.75) is 13.8 Å². The lowest BCUT2D eigenvalue weighted by atomic mass is 11.0. The number of hydrogen-bond donors (Lipinski definition) is 1. The molecule has 2 N–H and O–H groups in total. The van der Waals surface area contributed by atoms with Crippen LogP contribution >= 0.6 is 23.5 Å². The molecule has 0 radical (unpaired) electrons. The molecule has 0 rings (SSSR count). The van der Waals surface area contributed by atoms with E-state index in [1.807, 2.05) is 0 Å². The highest BCUT2D eigenvalue weighted by molar-refractivity contribution is 8.22. The molecule has 0 unspecified atom stereocenters. The summed E-state index contributed by atoms with van der Waals surface area (Å²) in [7, 11) is 0. The summed E-state index contributed by atoms with van der Waals surface area (Å²) in [6, 6.07) is 0. The van der Waals surface area contributed by atoms with Gasteiger partial charge in [-0.3, -0.25) is 0 Å². The molecule has 0 aromatic carbocycles. The van der Waals surface area contributed by atoms with Gasteiger partial charge < -0.3 is 5.73 Å². The molecular weight excluding hydrogens is 150 g/mol. The minimum atomic E-state index is 1.11. The second-order valence-corrected chi connectivity index (χ2v) is 4.22. The zero-order valence-corrected chi connectivity index (χ0v) is 7.52. The van der Waals surface area contributed by atoms with E-state index in [9.17, 15) is 0 Å². The number of rotatable bonds is 4. The minimum absolute atomic E-state index is 1.11. The van der Waals surface area contributed by atoms with Crippen LogP contribution in [0.2, 0.25) is 0 Å². The van der Waals surface area contributed by atoms with Crippen LogP contribution in [0.15, 0.2) is 10.4 Å². The Hall–Kier alpha value is 0.240. The Morgan fingerprint density at radius 3 is 2.00 bits per heavy atom. The van der Waals surface area contributed by atoms with Crippen LogP contribution < -0.4 is 5.73 Å². The van der Waals surface area contributed by atoms with Gasteiger partial charge in [0, 0.05) is 6.20 Å². The highest BCUT2D eigenvalue weighted by atomic mass is 32.2. The first-order chi connectivity index (χ1) is 4.35. The maximum Gasteiger partial charge on any atom is 0.0556 e. The zero-order valence-electron chi connectivity index (χ0n) is 5.89. The molecule has 0 bridgehead atoms. The molecule has 0 fully saturated rings. The van der Waals surface area contributed by atoms with Crippen molar-refractivity contribution < 1.29 is 0 Å². The van der Waals surface area contributed by atoms with E-state index in [1.54, 1.807) is 29.7 Å². The number of thioether (sulfide) groups is 2. The number of hydrogen-bond acceptors (Lipinski definition) is 3.